The summed E-state index contributed by atoms with van der Waals surface area (Å²) < 4.78 is 1.40. The van der Waals surface area contributed by atoms with E-state index in [4.69, 9.17) is 10.8 Å². The van der Waals surface area contributed by atoms with Crippen molar-refractivity contribution in [1.82, 2.24) is 14.5 Å². The molecule has 188 valence electrons. The van der Waals surface area contributed by atoms with E-state index in [-0.39, 0.29) is 24.6 Å². The van der Waals surface area contributed by atoms with Crippen molar-refractivity contribution < 1.29 is 9.90 Å². The van der Waals surface area contributed by atoms with E-state index in [1.165, 1.54) is 10.9 Å². The molecule has 0 saturated carbocycles. The molecule has 0 radical (unpaired) electrons. The van der Waals surface area contributed by atoms with Crippen LogP contribution in [0.25, 0.3) is 28.1 Å². The van der Waals surface area contributed by atoms with Gasteiger partial charge in [-0.2, -0.15) is 0 Å². The highest BCUT2D eigenvalue weighted by atomic mass is 16.3. The van der Waals surface area contributed by atoms with Crippen LogP contribution in [-0.2, 0) is 11.3 Å². The van der Waals surface area contributed by atoms with Crippen molar-refractivity contribution in [2.24, 2.45) is 10.7 Å². The van der Waals surface area contributed by atoms with Crippen LogP contribution < -0.4 is 11.3 Å². The molecule has 0 unspecified atom stereocenters. The number of aliphatic imine (C=N–C) groups is 1. The lowest BCUT2D eigenvalue weighted by Crippen LogP contribution is -2.34. The van der Waals surface area contributed by atoms with Crippen LogP contribution in [0.3, 0.4) is 0 Å². The minimum Gasteiger partial charge on any atom is -0.395 e. The summed E-state index contributed by atoms with van der Waals surface area (Å²) in [5, 5.41) is 9.66. The molecule has 0 bridgehead atoms. The minimum absolute atomic E-state index is 0.0145. The largest absolute Gasteiger partial charge is 0.395 e. The molecule has 0 spiro atoms. The number of hydrogen-bond acceptors (Lipinski definition) is 6. The second-order valence-corrected chi connectivity index (χ2v) is 9.17. The van der Waals surface area contributed by atoms with Gasteiger partial charge >= 0.3 is 0 Å². The van der Waals surface area contributed by atoms with Crippen molar-refractivity contribution in [1.29, 1.82) is 0 Å². The zero-order valence-corrected chi connectivity index (χ0v) is 21.1. The number of carbonyl (C=O) groups excluding carboxylic acids is 1. The van der Waals surface area contributed by atoms with Crippen molar-refractivity contribution in [3.63, 3.8) is 0 Å². The van der Waals surface area contributed by atoms with Crippen LogP contribution in [0.4, 0.5) is 5.69 Å². The van der Waals surface area contributed by atoms with Crippen molar-refractivity contribution in [2.45, 2.75) is 46.6 Å². The van der Waals surface area contributed by atoms with E-state index in [2.05, 4.69) is 29.9 Å². The Morgan fingerprint density at radius 2 is 1.89 bits per heavy atom. The summed E-state index contributed by atoms with van der Waals surface area (Å²) in [7, 11) is 0. The van der Waals surface area contributed by atoms with Crippen LogP contribution >= 0.6 is 0 Å². The normalized spacial score (nSPS) is 13.1. The quantitative estimate of drug-likeness (QED) is 0.502. The van der Waals surface area contributed by atoms with Crippen LogP contribution in [0, 0.1) is 6.92 Å². The van der Waals surface area contributed by atoms with Crippen molar-refractivity contribution in [2.75, 3.05) is 19.7 Å². The average molecular weight is 488 g/mol. The van der Waals surface area contributed by atoms with Gasteiger partial charge in [0.15, 0.2) is 0 Å². The molecule has 1 aliphatic rings. The number of benzene rings is 2. The number of nitrogens with two attached hydrogens (primary N) is 1. The Bertz CT molecular complexity index is 1410. The summed E-state index contributed by atoms with van der Waals surface area (Å²) in [6, 6.07) is 9.54. The highest BCUT2D eigenvalue weighted by Gasteiger charge is 2.22. The molecule has 3 aromatic rings. The lowest BCUT2D eigenvalue weighted by Gasteiger charge is -2.22. The van der Waals surface area contributed by atoms with Gasteiger partial charge in [-0.1, -0.05) is 26.0 Å². The molecular formula is C28H33N5O3. The number of aliphatic hydroxyl groups is 1. The van der Waals surface area contributed by atoms with Gasteiger partial charge in [-0.05, 0) is 60.7 Å². The van der Waals surface area contributed by atoms with Gasteiger partial charge in [0.1, 0.15) is 5.84 Å². The maximum Gasteiger partial charge on any atom is 0.261 e. The van der Waals surface area contributed by atoms with Gasteiger partial charge in [-0.15, -0.1) is 0 Å². The fourth-order valence-corrected chi connectivity index (χ4v) is 4.64. The molecule has 2 heterocycles. The maximum absolute atomic E-state index is 13.3. The van der Waals surface area contributed by atoms with E-state index in [0.717, 1.165) is 35.1 Å². The third kappa shape index (κ3) is 5.09. The van der Waals surface area contributed by atoms with Crippen LogP contribution in [0.2, 0.25) is 0 Å². The van der Waals surface area contributed by atoms with Crippen LogP contribution in [0.1, 0.15) is 44.2 Å². The lowest BCUT2D eigenvalue weighted by molar-refractivity contribution is -0.127. The summed E-state index contributed by atoms with van der Waals surface area (Å²) in [5.41, 5.74) is 11.7. The number of hydrogen-bond donors (Lipinski definition) is 2. The number of nitrogens with zero attached hydrogens (tertiary/aromatic N) is 4. The van der Waals surface area contributed by atoms with Gasteiger partial charge in [-0.25, -0.2) is 9.98 Å². The Labute approximate surface area is 210 Å². The monoisotopic (exact) mass is 487 g/mol. The molecular weight excluding hydrogens is 454 g/mol. The summed E-state index contributed by atoms with van der Waals surface area (Å²) >= 11 is 0. The lowest BCUT2D eigenvalue weighted by atomic mass is 9.96. The molecule has 8 nitrogen and oxygen atoms in total. The molecule has 1 aliphatic heterocycles. The number of rotatable bonds is 8. The molecule has 0 atom stereocenters. The number of aromatic nitrogens is 2. The number of fused-ring (bicyclic) bond motifs is 2. The van der Waals surface area contributed by atoms with Crippen LogP contribution in [0.5, 0.6) is 0 Å². The van der Waals surface area contributed by atoms with E-state index >= 15 is 0 Å². The SMILES string of the molecule is CCCN(CCC)C(=O)C1=Cc2c(C)cc(-c3ccc4c(=O)n(CCO)cnc4c3)cc2N=C(N)C1. The van der Waals surface area contributed by atoms with Crippen molar-refractivity contribution in [3.05, 3.63) is 63.7 Å². The smallest absolute Gasteiger partial charge is 0.261 e. The third-order valence-corrected chi connectivity index (χ3v) is 6.37. The summed E-state index contributed by atoms with van der Waals surface area (Å²) in [4.78, 5) is 36.9. The first-order chi connectivity index (χ1) is 17.4. The fraction of sp³-hybridized carbons (Fsp3) is 0.357. The Balaban J connectivity index is 1.75. The van der Waals surface area contributed by atoms with Gasteiger partial charge in [0.25, 0.3) is 5.56 Å². The number of aryl methyl sites for hydroxylation is 1. The Kier molecular flexibility index (Phi) is 7.64. The Morgan fingerprint density at radius 1 is 1.14 bits per heavy atom. The minimum atomic E-state index is -0.182. The van der Waals surface area contributed by atoms with Gasteiger partial charge in [-0.3, -0.25) is 14.2 Å². The predicted octanol–water partition coefficient (Wildman–Crippen LogP) is 3.79. The predicted molar refractivity (Wildman–Crippen MR) is 144 cm³/mol. The highest BCUT2D eigenvalue weighted by Crippen LogP contribution is 2.35. The third-order valence-electron chi connectivity index (χ3n) is 6.37. The van der Waals surface area contributed by atoms with E-state index in [9.17, 15) is 9.59 Å². The number of amidine groups is 1. The molecule has 4 rings (SSSR count). The Morgan fingerprint density at radius 3 is 2.58 bits per heavy atom. The van der Waals surface area contributed by atoms with Crippen LogP contribution in [-0.4, -0.2) is 51.0 Å². The second kappa shape index (κ2) is 10.9. The van der Waals surface area contributed by atoms with Gasteiger partial charge in [0.05, 0.1) is 36.1 Å². The van der Waals surface area contributed by atoms with E-state index in [0.29, 0.717) is 47.5 Å². The molecule has 36 heavy (non-hydrogen) atoms. The number of aliphatic hydroxyl groups excluding tert-OH is 1. The van der Waals surface area contributed by atoms with E-state index < -0.39 is 0 Å². The molecule has 0 fully saturated rings. The first kappa shape index (κ1) is 25.3. The highest BCUT2D eigenvalue weighted by molar-refractivity contribution is 6.06. The first-order valence-corrected chi connectivity index (χ1v) is 12.4. The fourth-order valence-electron chi connectivity index (χ4n) is 4.64. The van der Waals surface area contributed by atoms with E-state index in [1.54, 1.807) is 6.07 Å². The van der Waals surface area contributed by atoms with Crippen molar-refractivity contribution >= 4 is 34.4 Å². The number of amides is 1. The van der Waals surface area contributed by atoms with Crippen LogP contribution in [0.15, 0.2) is 52.0 Å². The van der Waals surface area contributed by atoms with E-state index in [1.807, 2.05) is 36.1 Å². The summed E-state index contributed by atoms with van der Waals surface area (Å²) in [5.74, 6) is 0.420. The van der Waals surface area contributed by atoms with Crippen molar-refractivity contribution in [3.8, 4) is 11.1 Å². The van der Waals surface area contributed by atoms with Gasteiger partial charge in [0, 0.05) is 30.6 Å². The molecule has 2 aromatic carbocycles. The first-order valence-electron chi connectivity index (χ1n) is 12.4. The molecule has 1 aromatic heterocycles. The molecule has 3 N–H and O–H groups in total. The maximum atomic E-state index is 13.3. The average Bonchev–Trinajstić information content (AvgIpc) is 3.03. The zero-order valence-electron chi connectivity index (χ0n) is 21.1. The molecule has 1 amide bonds. The summed E-state index contributed by atoms with van der Waals surface area (Å²) in [6.07, 6.45) is 5.51. The molecule has 8 heteroatoms. The van der Waals surface area contributed by atoms with Gasteiger partial charge in [0.2, 0.25) is 5.91 Å². The van der Waals surface area contributed by atoms with Gasteiger partial charge < -0.3 is 15.7 Å². The number of carbonyl (C=O) groups is 1. The zero-order chi connectivity index (χ0) is 25.8. The topological polar surface area (TPSA) is 114 Å². The molecule has 0 saturated heterocycles. The summed E-state index contributed by atoms with van der Waals surface area (Å²) in [6.45, 7) is 7.66. The standard InChI is InChI=1S/C28H33N5O3/c1-4-8-32(9-5-2)27(35)21-13-23-18(3)12-20(15-25(23)31-26(29)16-21)19-6-7-22-24(14-19)30-17-33(10-11-34)28(22)36/h6-7,12-15,17,34H,4-5,8-11,16H2,1-3H3,(H2,29,31). The molecule has 0 aliphatic carbocycles. The second-order valence-electron chi connectivity index (χ2n) is 9.17. The Hall–Kier alpha value is -3.78.